The van der Waals surface area contributed by atoms with Crippen LogP contribution in [0.2, 0.25) is 0 Å². The number of nitrogens with zero attached hydrogens (tertiary/aromatic N) is 3. The summed E-state index contributed by atoms with van der Waals surface area (Å²) in [4.78, 5) is 31.3. The Kier molecular flexibility index (Phi) is 6.02. The van der Waals surface area contributed by atoms with Crippen LogP contribution >= 0.6 is 0 Å². The van der Waals surface area contributed by atoms with Crippen LogP contribution in [0.4, 0.5) is 4.39 Å². The van der Waals surface area contributed by atoms with E-state index in [0.29, 0.717) is 29.8 Å². The van der Waals surface area contributed by atoms with Gasteiger partial charge in [0.25, 0.3) is 11.7 Å². The number of aliphatic hydroxyl groups excluding tert-OH is 1. The Morgan fingerprint density at radius 3 is 2.69 bits per heavy atom. The number of aromatic nitrogens is 2. The zero-order valence-electron chi connectivity index (χ0n) is 17.4. The highest BCUT2D eigenvalue weighted by molar-refractivity contribution is 6.46. The van der Waals surface area contributed by atoms with Crippen molar-refractivity contribution in [2.75, 3.05) is 13.7 Å². The Bertz CT molecular complexity index is 1170. The number of hydrogen-bond donors (Lipinski definition) is 1. The summed E-state index contributed by atoms with van der Waals surface area (Å²) in [6.45, 7) is 0.841. The SMILES string of the molecule is COc1cccc(C(O)=C2C(=O)C(=O)N(CCCn3ccnc3)[C@H]2c2cccc(F)c2)c1. The number of aliphatic hydroxyl groups is 1. The second-order valence-electron chi connectivity index (χ2n) is 7.43. The first-order chi connectivity index (χ1) is 15.5. The van der Waals surface area contributed by atoms with Gasteiger partial charge < -0.3 is 19.3 Å². The largest absolute Gasteiger partial charge is 0.507 e. The molecule has 1 aliphatic heterocycles. The number of likely N-dealkylation sites (tertiary alicyclic amines) is 1. The summed E-state index contributed by atoms with van der Waals surface area (Å²) >= 11 is 0. The highest BCUT2D eigenvalue weighted by Crippen LogP contribution is 2.40. The molecule has 1 fully saturated rings. The van der Waals surface area contributed by atoms with Crippen LogP contribution in [0.5, 0.6) is 5.75 Å². The van der Waals surface area contributed by atoms with E-state index in [1.165, 1.54) is 30.2 Å². The van der Waals surface area contributed by atoms with Crippen molar-refractivity contribution in [3.63, 3.8) is 0 Å². The molecular weight excluding hydrogens is 413 g/mol. The lowest BCUT2D eigenvalue weighted by Crippen LogP contribution is -2.31. The van der Waals surface area contributed by atoms with Crippen molar-refractivity contribution in [2.45, 2.75) is 19.0 Å². The van der Waals surface area contributed by atoms with Gasteiger partial charge in [-0.3, -0.25) is 9.59 Å². The molecule has 8 heteroatoms. The number of Topliss-reactive ketones (excluding diaryl/α,β-unsaturated/α-hetero) is 1. The molecule has 1 N–H and O–H groups in total. The van der Waals surface area contributed by atoms with E-state index in [9.17, 15) is 19.1 Å². The first-order valence-corrected chi connectivity index (χ1v) is 10.1. The fraction of sp³-hybridized carbons (Fsp3) is 0.208. The van der Waals surface area contributed by atoms with E-state index in [1.54, 1.807) is 49.1 Å². The van der Waals surface area contributed by atoms with Gasteiger partial charge in [-0.2, -0.15) is 0 Å². The predicted octanol–water partition coefficient (Wildman–Crippen LogP) is 3.54. The molecule has 32 heavy (non-hydrogen) atoms. The van der Waals surface area contributed by atoms with Crippen LogP contribution in [0.3, 0.4) is 0 Å². The lowest BCUT2D eigenvalue weighted by atomic mass is 9.95. The summed E-state index contributed by atoms with van der Waals surface area (Å²) in [7, 11) is 1.49. The van der Waals surface area contributed by atoms with Crippen LogP contribution in [0.15, 0.2) is 72.8 Å². The number of hydrogen-bond acceptors (Lipinski definition) is 5. The van der Waals surface area contributed by atoms with E-state index in [-0.39, 0.29) is 17.9 Å². The third-order valence-corrected chi connectivity index (χ3v) is 5.42. The molecule has 1 amide bonds. The number of rotatable bonds is 7. The maximum atomic E-state index is 14.0. The van der Waals surface area contributed by atoms with Gasteiger partial charge in [-0.15, -0.1) is 0 Å². The second-order valence-corrected chi connectivity index (χ2v) is 7.43. The molecule has 1 atom stereocenters. The Balaban J connectivity index is 1.75. The van der Waals surface area contributed by atoms with E-state index in [0.717, 1.165) is 0 Å². The maximum Gasteiger partial charge on any atom is 0.295 e. The van der Waals surface area contributed by atoms with Crippen LogP contribution < -0.4 is 4.74 Å². The normalized spacial score (nSPS) is 17.7. The molecule has 3 aromatic rings. The van der Waals surface area contributed by atoms with E-state index < -0.39 is 23.5 Å². The number of methoxy groups -OCH3 is 1. The lowest BCUT2D eigenvalue weighted by Gasteiger charge is -2.25. The molecule has 0 saturated carbocycles. The van der Waals surface area contributed by atoms with E-state index in [2.05, 4.69) is 4.98 Å². The first-order valence-electron chi connectivity index (χ1n) is 10.1. The van der Waals surface area contributed by atoms with Crippen LogP contribution in [0.25, 0.3) is 5.76 Å². The van der Waals surface area contributed by atoms with E-state index >= 15 is 0 Å². The molecule has 1 aliphatic rings. The maximum absolute atomic E-state index is 14.0. The van der Waals surface area contributed by atoms with Gasteiger partial charge in [0.2, 0.25) is 0 Å². The van der Waals surface area contributed by atoms with Crippen molar-refractivity contribution >= 4 is 17.4 Å². The van der Waals surface area contributed by atoms with Crippen LogP contribution in [0, 0.1) is 5.82 Å². The fourth-order valence-corrected chi connectivity index (χ4v) is 3.90. The summed E-state index contributed by atoms with van der Waals surface area (Å²) in [6.07, 6.45) is 5.68. The minimum absolute atomic E-state index is 0.0727. The molecule has 1 aromatic heterocycles. The van der Waals surface area contributed by atoms with Crippen molar-refractivity contribution in [1.82, 2.24) is 14.5 Å². The standard InChI is InChI=1S/C24H22FN3O4/c1-32-19-8-3-6-17(14-19)22(29)20-21(16-5-2-7-18(25)13-16)28(24(31)23(20)30)11-4-10-27-12-9-26-15-27/h2-3,5-9,12-15,21,29H,4,10-11H2,1H3/t21-/m0/s1. The zero-order chi connectivity index (χ0) is 22.7. The van der Waals surface area contributed by atoms with Crippen molar-refractivity contribution in [2.24, 2.45) is 0 Å². The average molecular weight is 435 g/mol. The number of ether oxygens (including phenoxy) is 1. The Morgan fingerprint density at radius 1 is 1.16 bits per heavy atom. The molecule has 164 valence electrons. The highest BCUT2D eigenvalue weighted by atomic mass is 19.1. The van der Waals surface area contributed by atoms with Gasteiger partial charge in [-0.25, -0.2) is 9.37 Å². The predicted molar refractivity (Wildman–Crippen MR) is 115 cm³/mol. The van der Waals surface area contributed by atoms with Crippen molar-refractivity contribution in [1.29, 1.82) is 0 Å². The summed E-state index contributed by atoms with van der Waals surface area (Å²) < 4.78 is 21.1. The fourth-order valence-electron chi connectivity index (χ4n) is 3.90. The van der Waals surface area contributed by atoms with E-state index in [1.807, 2.05) is 4.57 Å². The van der Waals surface area contributed by atoms with Gasteiger partial charge in [-0.1, -0.05) is 24.3 Å². The topological polar surface area (TPSA) is 84.7 Å². The summed E-state index contributed by atoms with van der Waals surface area (Å²) in [5.74, 6) is -1.86. The van der Waals surface area contributed by atoms with Crippen molar-refractivity contribution in [3.05, 3.63) is 89.8 Å². The van der Waals surface area contributed by atoms with Gasteiger partial charge >= 0.3 is 0 Å². The molecule has 0 bridgehead atoms. The minimum atomic E-state index is -0.903. The van der Waals surface area contributed by atoms with E-state index in [4.69, 9.17) is 4.74 Å². The molecule has 0 spiro atoms. The summed E-state index contributed by atoms with van der Waals surface area (Å²) in [5, 5.41) is 11.0. The minimum Gasteiger partial charge on any atom is -0.507 e. The molecule has 2 heterocycles. The number of amides is 1. The zero-order valence-corrected chi connectivity index (χ0v) is 17.4. The van der Waals surface area contributed by atoms with Gasteiger partial charge in [0.05, 0.1) is 25.1 Å². The molecule has 7 nitrogen and oxygen atoms in total. The molecule has 0 unspecified atom stereocenters. The Morgan fingerprint density at radius 2 is 1.97 bits per heavy atom. The van der Waals surface area contributed by atoms with Gasteiger partial charge in [0.1, 0.15) is 17.3 Å². The van der Waals surface area contributed by atoms with Crippen molar-refractivity contribution < 1.29 is 23.8 Å². The number of carbonyl (C=O) groups is 2. The number of ketones is 1. The van der Waals surface area contributed by atoms with Gasteiger partial charge in [0, 0.05) is 31.0 Å². The molecule has 0 radical (unpaired) electrons. The number of carbonyl (C=O) groups excluding carboxylic acids is 2. The highest BCUT2D eigenvalue weighted by Gasteiger charge is 2.45. The average Bonchev–Trinajstić information content (AvgIpc) is 3.41. The first kappa shape index (κ1) is 21.3. The van der Waals surface area contributed by atoms with Gasteiger partial charge in [0.15, 0.2) is 0 Å². The number of imidazole rings is 1. The number of benzene rings is 2. The number of aryl methyl sites for hydroxylation is 1. The summed E-state index contributed by atoms with van der Waals surface area (Å²) in [5.41, 5.74) is 0.676. The quantitative estimate of drug-likeness (QED) is 0.349. The smallest absolute Gasteiger partial charge is 0.295 e. The second kappa shape index (κ2) is 9.05. The van der Waals surface area contributed by atoms with Crippen LogP contribution in [-0.4, -0.2) is 44.9 Å². The molecule has 4 rings (SSSR count). The third kappa shape index (κ3) is 4.12. The third-order valence-electron chi connectivity index (χ3n) is 5.42. The lowest BCUT2D eigenvalue weighted by molar-refractivity contribution is -0.139. The van der Waals surface area contributed by atoms with Crippen molar-refractivity contribution in [3.8, 4) is 5.75 Å². The molecule has 1 saturated heterocycles. The van der Waals surface area contributed by atoms with Gasteiger partial charge in [-0.05, 0) is 36.2 Å². The Labute approximate surface area is 184 Å². The molecular formula is C24H22FN3O4. The Hall–Kier alpha value is -3.94. The number of halogens is 1. The molecule has 0 aliphatic carbocycles. The van der Waals surface area contributed by atoms with Crippen LogP contribution in [-0.2, 0) is 16.1 Å². The van der Waals surface area contributed by atoms with Crippen LogP contribution in [0.1, 0.15) is 23.6 Å². The summed E-state index contributed by atoms with van der Waals surface area (Å²) in [6, 6.07) is 11.4. The molecule has 2 aromatic carbocycles. The monoisotopic (exact) mass is 435 g/mol.